The number of anilines is 1. The minimum absolute atomic E-state index is 0.207. The lowest BCUT2D eigenvalue weighted by atomic mass is 10.2. The Morgan fingerprint density at radius 3 is 2.55 bits per heavy atom. The summed E-state index contributed by atoms with van der Waals surface area (Å²) in [5.41, 5.74) is 1.12. The molecule has 104 valence electrons. The van der Waals surface area contributed by atoms with Gasteiger partial charge in [-0.1, -0.05) is 30.3 Å². The highest BCUT2D eigenvalue weighted by Gasteiger charge is 2.18. The van der Waals surface area contributed by atoms with Crippen molar-refractivity contribution in [2.75, 3.05) is 31.1 Å². The van der Waals surface area contributed by atoms with E-state index in [9.17, 15) is 4.79 Å². The highest BCUT2D eigenvalue weighted by atomic mass is 16.1. The molecule has 0 atom stereocenters. The Labute approximate surface area is 117 Å². The number of H-pyrrole nitrogens is 1. The fourth-order valence-electron chi connectivity index (χ4n) is 2.41. The lowest BCUT2D eigenvalue weighted by Gasteiger charge is -2.34. The third-order valence-corrected chi connectivity index (χ3v) is 3.48. The molecule has 2 aromatic rings. The van der Waals surface area contributed by atoms with Gasteiger partial charge in [-0.25, -0.2) is 0 Å². The van der Waals surface area contributed by atoms with Crippen LogP contribution in [0.3, 0.4) is 0 Å². The van der Waals surface area contributed by atoms with E-state index in [-0.39, 0.29) is 5.56 Å². The zero-order valence-corrected chi connectivity index (χ0v) is 11.2. The molecule has 2 heterocycles. The Hall–Kier alpha value is -2.21. The predicted octanol–water partition coefficient (Wildman–Crippen LogP) is 0.487. The molecule has 0 radical (unpaired) electrons. The smallest absolute Gasteiger partial charge is 0.271 e. The van der Waals surface area contributed by atoms with E-state index < -0.39 is 0 Å². The van der Waals surface area contributed by atoms with E-state index in [2.05, 4.69) is 49.2 Å². The molecule has 1 aliphatic heterocycles. The number of hydrogen-bond acceptors (Lipinski definition) is 5. The van der Waals surface area contributed by atoms with Crippen molar-refractivity contribution in [3.8, 4) is 0 Å². The Kier molecular flexibility index (Phi) is 3.73. The van der Waals surface area contributed by atoms with Crippen molar-refractivity contribution in [1.82, 2.24) is 20.1 Å². The molecule has 1 saturated heterocycles. The van der Waals surface area contributed by atoms with E-state index in [0.29, 0.717) is 5.95 Å². The molecule has 1 fully saturated rings. The topological polar surface area (TPSA) is 65.1 Å². The minimum Gasteiger partial charge on any atom is -0.338 e. The molecule has 0 unspecified atom stereocenters. The normalized spacial score (nSPS) is 16.3. The van der Waals surface area contributed by atoms with Gasteiger partial charge in [0.25, 0.3) is 5.56 Å². The molecule has 0 spiro atoms. The number of benzene rings is 1. The summed E-state index contributed by atoms with van der Waals surface area (Å²) in [5, 5.41) is 7.67. The molecule has 6 nitrogen and oxygen atoms in total. The maximum atomic E-state index is 11.2. The number of hydrogen-bond donors (Lipinski definition) is 1. The summed E-state index contributed by atoms with van der Waals surface area (Å²) in [6, 6.07) is 10.5. The van der Waals surface area contributed by atoms with E-state index in [1.54, 1.807) is 0 Å². The van der Waals surface area contributed by atoms with Crippen molar-refractivity contribution in [2.24, 2.45) is 0 Å². The second-order valence-corrected chi connectivity index (χ2v) is 4.91. The molecule has 1 N–H and O–H groups in total. The van der Waals surface area contributed by atoms with Gasteiger partial charge in [0.05, 0.1) is 0 Å². The van der Waals surface area contributed by atoms with Crippen LogP contribution in [-0.2, 0) is 6.54 Å². The SMILES string of the molecule is O=c1cnnc(N2CCN(Cc3ccccc3)CC2)[nH]1. The first-order valence-corrected chi connectivity index (χ1v) is 6.74. The Balaban J connectivity index is 1.58. The van der Waals surface area contributed by atoms with Gasteiger partial charge in [-0.3, -0.25) is 14.7 Å². The monoisotopic (exact) mass is 271 g/mol. The van der Waals surface area contributed by atoms with E-state index in [1.165, 1.54) is 11.8 Å². The fraction of sp³-hybridized carbons (Fsp3) is 0.357. The van der Waals surface area contributed by atoms with Gasteiger partial charge in [0.1, 0.15) is 6.20 Å². The Morgan fingerprint density at radius 1 is 1.10 bits per heavy atom. The van der Waals surface area contributed by atoms with Gasteiger partial charge in [-0.05, 0) is 5.56 Å². The Bertz CT molecular complexity index is 604. The van der Waals surface area contributed by atoms with Crippen molar-refractivity contribution >= 4 is 5.95 Å². The second-order valence-electron chi connectivity index (χ2n) is 4.91. The lowest BCUT2D eigenvalue weighted by Crippen LogP contribution is -2.47. The summed E-state index contributed by atoms with van der Waals surface area (Å²) in [6.45, 7) is 4.57. The van der Waals surface area contributed by atoms with Gasteiger partial charge in [0, 0.05) is 32.7 Å². The highest BCUT2D eigenvalue weighted by molar-refractivity contribution is 5.28. The third-order valence-electron chi connectivity index (χ3n) is 3.48. The number of nitrogens with zero attached hydrogens (tertiary/aromatic N) is 4. The highest BCUT2D eigenvalue weighted by Crippen LogP contribution is 2.11. The van der Waals surface area contributed by atoms with Crippen LogP contribution in [0.15, 0.2) is 41.3 Å². The van der Waals surface area contributed by atoms with E-state index in [1.807, 2.05) is 6.07 Å². The minimum atomic E-state index is -0.207. The molecule has 20 heavy (non-hydrogen) atoms. The first-order chi connectivity index (χ1) is 9.81. The summed E-state index contributed by atoms with van der Waals surface area (Å²) in [4.78, 5) is 18.4. The van der Waals surface area contributed by atoms with E-state index in [4.69, 9.17) is 0 Å². The number of rotatable bonds is 3. The molecule has 0 aliphatic carbocycles. The maximum Gasteiger partial charge on any atom is 0.271 e. The zero-order chi connectivity index (χ0) is 13.8. The molecule has 1 aromatic heterocycles. The van der Waals surface area contributed by atoms with Crippen LogP contribution in [0.4, 0.5) is 5.95 Å². The van der Waals surface area contributed by atoms with Crippen molar-refractivity contribution < 1.29 is 0 Å². The molecular formula is C14H17N5O. The van der Waals surface area contributed by atoms with Gasteiger partial charge in [0.15, 0.2) is 0 Å². The van der Waals surface area contributed by atoms with Gasteiger partial charge < -0.3 is 4.90 Å². The molecule has 0 saturated carbocycles. The molecule has 0 bridgehead atoms. The summed E-state index contributed by atoms with van der Waals surface area (Å²) < 4.78 is 0. The second kappa shape index (κ2) is 5.83. The Morgan fingerprint density at radius 2 is 1.85 bits per heavy atom. The van der Waals surface area contributed by atoms with Crippen LogP contribution in [0.5, 0.6) is 0 Å². The molecule has 6 heteroatoms. The molecule has 3 rings (SSSR count). The molecular weight excluding hydrogens is 254 g/mol. The molecule has 1 aromatic carbocycles. The van der Waals surface area contributed by atoms with Crippen molar-refractivity contribution in [3.05, 3.63) is 52.4 Å². The van der Waals surface area contributed by atoms with Crippen LogP contribution in [-0.4, -0.2) is 46.3 Å². The van der Waals surface area contributed by atoms with Crippen LogP contribution in [0.1, 0.15) is 5.56 Å². The van der Waals surface area contributed by atoms with Gasteiger partial charge in [0.2, 0.25) is 5.95 Å². The van der Waals surface area contributed by atoms with Gasteiger partial charge in [-0.2, -0.15) is 0 Å². The van der Waals surface area contributed by atoms with Crippen molar-refractivity contribution in [1.29, 1.82) is 0 Å². The number of aromatic amines is 1. The zero-order valence-electron chi connectivity index (χ0n) is 11.2. The third kappa shape index (κ3) is 3.03. The quantitative estimate of drug-likeness (QED) is 0.880. The predicted molar refractivity (Wildman–Crippen MR) is 76.6 cm³/mol. The molecule has 0 amide bonds. The first-order valence-electron chi connectivity index (χ1n) is 6.74. The van der Waals surface area contributed by atoms with Gasteiger partial charge in [-0.15, -0.1) is 10.2 Å². The van der Waals surface area contributed by atoms with E-state index in [0.717, 1.165) is 32.7 Å². The van der Waals surface area contributed by atoms with Crippen molar-refractivity contribution in [3.63, 3.8) is 0 Å². The summed E-state index contributed by atoms with van der Waals surface area (Å²) >= 11 is 0. The number of aromatic nitrogens is 3. The van der Waals surface area contributed by atoms with Crippen LogP contribution >= 0.6 is 0 Å². The standard InChI is InChI=1S/C14H17N5O/c20-13-10-15-17-14(16-13)19-8-6-18(7-9-19)11-12-4-2-1-3-5-12/h1-5,10H,6-9,11H2,(H,16,17,20). The van der Waals surface area contributed by atoms with Crippen LogP contribution in [0.2, 0.25) is 0 Å². The fourth-order valence-corrected chi connectivity index (χ4v) is 2.41. The number of piperazine rings is 1. The lowest BCUT2D eigenvalue weighted by molar-refractivity contribution is 0.248. The average Bonchev–Trinajstić information content (AvgIpc) is 2.49. The largest absolute Gasteiger partial charge is 0.338 e. The van der Waals surface area contributed by atoms with Crippen LogP contribution < -0.4 is 10.5 Å². The average molecular weight is 271 g/mol. The van der Waals surface area contributed by atoms with Crippen LogP contribution in [0.25, 0.3) is 0 Å². The van der Waals surface area contributed by atoms with Crippen molar-refractivity contribution in [2.45, 2.75) is 6.54 Å². The summed E-state index contributed by atoms with van der Waals surface area (Å²) in [7, 11) is 0. The first kappa shape index (κ1) is 12.8. The maximum absolute atomic E-state index is 11.2. The summed E-state index contributed by atoms with van der Waals surface area (Å²) in [5.74, 6) is 0.567. The number of nitrogens with one attached hydrogen (secondary N) is 1. The van der Waals surface area contributed by atoms with Gasteiger partial charge >= 0.3 is 0 Å². The summed E-state index contributed by atoms with van der Waals surface area (Å²) in [6.07, 6.45) is 1.19. The van der Waals surface area contributed by atoms with E-state index >= 15 is 0 Å². The van der Waals surface area contributed by atoms with Crippen LogP contribution in [0, 0.1) is 0 Å². The molecule has 1 aliphatic rings.